The van der Waals surface area contributed by atoms with Gasteiger partial charge in [-0.25, -0.2) is 9.18 Å². The molecule has 11 heteroatoms. The molecule has 2 aliphatic rings. The summed E-state index contributed by atoms with van der Waals surface area (Å²) in [4.78, 5) is 19.8. The zero-order chi connectivity index (χ0) is 21.1. The number of halogens is 2. The summed E-state index contributed by atoms with van der Waals surface area (Å²) in [6.45, 7) is 3.24. The first-order chi connectivity index (χ1) is 14.6. The van der Waals surface area contributed by atoms with Crippen LogP contribution < -0.4 is 5.32 Å². The lowest BCUT2D eigenvalue weighted by atomic mass is 9.95. The molecular formula is C19H19BrFN5O3S. The smallest absolute Gasteiger partial charge is 0.338 e. The second-order valence-electron chi connectivity index (χ2n) is 6.69. The summed E-state index contributed by atoms with van der Waals surface area (Å²) < 4.78 is 24.7. The molecule has 158 valence electrons. The van der Waals surface area contributed by atoms with Crippen LogP contribution in [-0.4, -0.2) is 66.9 Å². The summed E-state index contributed by atoms with van der Waals surface area (Å²) in [7, 11) is 1.34. The van der Waals surface area contributed by atoms with Crippen LogP contribution in [0.5, 0.6) is 0 Å². The van der Waals surface area contributed by atoms with Crippen LogP contribution in [0.3, 0.4) is 0 Å². The van der Waals surface area contributed by atoms with Gasteiger partial charge in [0, 0.05) is 29.8 Å². The maximum absolute atomic E-state index is 13.7. The van der Waals surface area contributed by atoms with E-state index in [4.69, 9.17) is 14.5 Å². The minimum atomic E-state index is -0.691. The van der Waals surface area contributed by atoms with Gasteiger partial charge in [-0.1, -0.05) is 33.3 Å². The van der Waals surface area contributed by atoms with Crippen molar-refractivity contribution in [1.29, 1.82) is 0 Å². The van der Waals surface area contributed by atoms with E-state index in [1.54, 1.807) is 11.6 Å². The predicted octanol–water partition coefficient (Wildman–Crippen LogP) is 2.29. The highest BCUT2D eigenvalue weighted by Crippen LogP contribution is 2.36. The fourth-order valence-corrected chi connectivity index (χ4v) is 4.46. The van der Waals surface area contributed by atoms with Gasteiger partial charge in [-0.3, -0.25) is 9.89 Å². The second-order valence-corrected chi connectivity index (χ2v) is 8.37. The quantitative estimate of drug-likeness (QED) is 0.636. The number of nitrogens with zero attached hydrogens (tertiary/aromatic N) is 4. The average molecular weight is 496 g/mol. The highest BCUT2D eigenvalue weighted by Gasteiger charge is 2.34. The molecule has 0 saturated carbocycles. The summed E-state index contributed by atoms with van der Waals surface area (Å²) in [6, 6.07) is 3.63. The molecule has 0 amide bonds. The number of esters is 1. The Labute approximate surface area is 184 Å². The molecule has 2 aromatic rings. The number of hydrogen-bond donors (Lipinski definition) is 1. The summed E-state index contributed by atoms with van der Waals surface area (Å²) in [6.07, 6.45) is 0. The third-order valence-electron chi connectivity index (χ3n) is 4.84. The lowest BCUT2D eigenvalue weighted by Gasteiger charge is -2.32. The van der Waals surface area contributed by atoms with Crippen LogP contribution in [0.2, 0.25) is 0 Å². The fourth-order valence-electron chi connectivity index (χ4n) is 3.39. The van der Waals surface area contributed by atoms with Crippen molar-refractivity contribution in [2.45, 2.75) is 6.04 Å². The van der Waals surface area contributed by atoms with Gasteiger partial charge < -0.3 is 14.8 Å². The molecule has 1 saturated heterocycles. The van der Waals surface area contributed by atoms with Crippen LogP contribution in [0.15, 0.2) is 44.4 Å². The molecule has 1 aromatic heterocycles. The van der Waals surface area contributed by atoms with Gasteiger partial charge in [-0.05, 0) is 17.7 Å². The van der Waals surface area contributed by atoms with E-state index in [1.807, 2.05) is 0 Å². The largest absolute Gasteiger partial charge is 0.466 e. The monoisotopic (exact) mass is 495 g/mol. The second kappa shape index (κ2) is 9.29. The minimum Gasteiger partial charge on any atom is -0.466 e. The first-order valence-corrected chi connectivity index (χ1v) is 10.9. The number of morpholine rings is 1. The molecule has 8 nitrogen and oxygen atoms in total. The van der Waals surface area contributed by atoms with Crippen LogP contribution >= 0.6 is 27.3 Å². The van der Waals surface area contributed by atoms with Gasteiger partial charge in [0.25, 0.3) is 0 Å². The van der Waals surface area contributed by atoms with Gasteiger partial charge in [0.1, 0.15) is 17.4 Å². The van der Waals surface area contributed by atoms with E-state index in [0.29, 0.717) is 51.9 Å². The average Bonchev–Trinajstić information content (AvgIpc) is 3.28. The van der Waals surface area contributed by atoms with E-state index in [2.05, 4.69) is 36.3 Å². The Kier molecular flexibility index (Phi) is 6.52. The molecule has 0 bridgehead atoms. The van der Waals surface area contributed by atoms with E-state index < -0.39 is 12.0 Å². The Morgan fingerprint density at radius 1 is 1.43 bits per heavy atom. The number of methoxy groups -OCH3 is 1. The van der Waals surface area contributed by atoms with Crippen molar-refractivity contribution < 1.29 is 18.7 Å². The first-order valence-electron chi connectivity index (χ1n) is 9.24. The molecule has 1 N–H and O–H groups in total. The number of rotatable bonds is 5. The zero-order valence-electron chi connectivity index (χ0n) is 16.1. The molecule has 2 aliphatic heterocycles. The Bertz CT molecular complexity index is 992. The number of hydrogen-bond acceptors (Lipinski definition) is 9. The van der Waals surface area contributed by atoms with Gasteiger partial charge in [0.2, 0.25) is 0 Å². The van der Waals surface area contributed by atoms with Gasteiger partial charge >= 0.3 is 5.97 Å². The van der Waals surface area contributed by atoms with Gasteiger partial charge in [0.15, 0.2) is 10.8 Å². The SMILES string of the molecule is COC(=O)C1=C(CN2CCOCC2)NC(c2nncs2)=NC1c1ccc(F)cc1Br. The maximum Gasteiger partial charge on any atom is 0.338 e. The number of benzene rings is 1. The van der Waals surface area contributed by atoms with Crippen LogP contribution in [0.1, 0.15) is 16.6 Å². The lowest BCUT2D eigenvalue weighted by molar-refractivity contribution is -0.136. The number of aromatic nitrogens is 2. The van der Waals surface area contributed by atoms with Gasteiger partial charge in [-0.2, -0.15) is 0 Å². The topological polar surface area (TPSA) is 88.9 Å². The highest BCUT2D eigenvalue weighted by molar-refractivity contribution is 9.10. The van der Waals surface area contributed by atoms with Crippen LogP contribution in [0.4, 0.5) is 4.39 Å². The number of amidine groups is 1. The van der Waals surface area contributed by atoms with Crippen molar-refractivity contribution in [1.82, 2.24) is 20.4 Å². The molecule has 1 aromatic carbocycles. The van der Waals surface area contributed by atoms with Crippen molar-refractivity contribution in [2.24, 2.45) is 4.99 Å². The van der Waals surface area contributed by atoms with Crippen LogP contribution in [0.25, 0.3) is 0 Å². The predicted molar refractivity (Wildman–Crippen MR) is 113 cm³/mol. The molecule has 1 atom stereocenters. The number of ether oxygens (including phenoxy) is 2. The van der Waals surface area contributed by atoms with Crippen molar-refractivity contribution in [3.63, 3.8) is 0 Å². The third kappa shape index (κ3) is 4.43. The third-order valence-corrected chi connectivity index (χ3v) is 6.22. The molecule has 0 spiro atoms. The van der Waals surface area contributed by atoms with Crippen molar-refractivity contribution in [2.75, 3.05) is 40.0 Å². The van der Waals surface area contributed by atoms with Gasteiger partial charge in [-0.15, -0.1) is 10.2 Å². The summed E-state index contributed by atoms with van der Waals surface area (Å²) in [5.74, 6) is -0.369. The van der Waals surface area contributed by atoms with E-state index in [1.165, 1.54) is 30.6 Å². The molecule has 0 radical (unpaired) electrons. The zero-order valence-corrected chi connectivity index (χ0v) is 18.5. The van der Waals surface area contributed by atoms with Crippen LogP contribution in [0, 0.1) is 5.82 Å². The molecule has 0 aliphatic carbocycles. The standard InChI is InChI=1S/C19H19BrFN5O3S/c1-28-19(27)15-14(9-26-4-6-29-7-5-26)23-17(18-25-22-10-30-18)24-16(15)12-3-2-11(21)8-13(12)20/h2-3,8,10,16H,4-7,9H2,1H3,(H,23,24). The van der Waals surface area contributed by atoms with E-state index in [-0.39, 0.29) is 5.82 Å². The normalized spacial score (nSPS) is 20.0. The summed E-state index contributed by atoms with van der Waals surface area (Å²) >= 11 is 4.75. The van der Waals surface area contributed by atoms with E-state index in [0.717, 1.165) is 13.1 Å². The molecule has 1 fully saturated rings. The number of aliphatic imine (C=N–C) groups is 1. The highest BCUT2D eigenvalue weighted by atomic mass is 79.9. The number of nitrogens with one attached hydrogen (secondary N) is 1. The number of carbonyl (C=O) groups excluding carboxylic acids is 1. The molecule has 1 unspecified atom stereocenters. The molecule has 4 rings (SSSR count). The van der Waals surface area contributed by atoms with Crippen molar-refractivity contribution >= 4 is 39.1 Å². The van der Waals surface area contributed by atoms with Crippen molar-refractivity contribution in [3.8, 4) is 0 Å². The van der Waals surface area contributed by atoms with E-state index in [9.17, 15) is 9.18 Å². The van der Waals surface area contributed by atoms with Crippen molar-refractivity contribution in [3.05, 3.63) is 55.8 Å². The van der Waals surface area contributed by atoms with E-state index >= 15 is 0 Å². The first kappa shape index (κ1) is 21.0. The molecule has 30 heavy (non-hydrogen) atoms. The number of carbonyl (C=O) groups is 1. The molecule has 3 heterocycles. The Balaban J connectivity index is 1.81. The fraction of sp³-hybridized carbons (Fsp3) is 0.368. The Morgan fingerprint density at radius 2 is 2.23 bits per heavy atom. The Morgan fingerprint density at radius 3 is 2.90 bits per heavy atom. The summed E-state index contributed by atoms with van der Waals surface area (Å²) in [5, 5.41) is 11.9. The van der Waals surface area contributed by atoms with Gasteiger partial charge in [0.05, 0.1) is 25.9 Å². The minimum absolute atomic E-state index is 0.379. The summed E-state index contributed by atoms with van der Waals surface area (Å²) in [5.41, 5.74) is 3.32. The molecular weight excluding hydrogens is 477 g/mol. The Hall–Kier alpha value is -2.21. The van der Waals surface area contributed by atoms with Crippen LogP contribution in [-0.2, 0) is 14.3 Å². The maximum atomic E-state index is 13.7. The lowest BCUT2D eigenvalue weighted by Crippen LogP contribution is -2.43.